The first kappa shape index (κ1) is 11.0. The molecule has 0 aliphatic rings. The molecule has 0 saturated carbocycles. The van der Waals surface area contributed by atoms with Gasteiger partial charge in [-0.2, -0.15) is 0 Å². The molecule has 1 aromatic rings. The highest BCUT2D eigenvalue weighted by atomic mass is 16.1. The van der Waals surface area contributed by atoms with Crippen LogP contribution in [0.15, 0.2) is 18.2 Å². The van der Waals surface area contributed by atoms with E-state index in [0.717, 1.165) is 37.5 Å². The van der Waals surface area contributed by atoms with Crippen molar-refractivity contribution in [1.29, 1.82) is 0 Å². The zero-order valence-electron chi connectivity index (χ0n) is 9.05. The third-order valence-corrected chi connectivity index (χ3v) is 2.29. The Morgan fingerprint density at radius 3 is 1.86 bits per heavy atom. The van der Waals surface area contributed by atoms with E-state index in [4.69, 9.17) is 0 Å². The van der Waals surface area contributed by atoms with Gasteiger partial charge in [0.15, 0.2) is 0 Å². The lowest BCUT2D eigenvalue weighted by molar-refractivity contribution is 0.112. The summed E-state index contributed by atoms with van der Waals surface area (Å²) in [6.07, 6.45) is 5.34. The summed E-state index contributed by atoms with van der Waals surface area (Å²) >= 11 is 0. The second-order valence-electron chi connectivity index (χ2n) is 3.70. The largest absolute Gasteiger partial charge is 0.298 e. The van der Waals surface area contributed by atoms with Gasteiger partial charge in [-0.1, -0.05) is 32.8 Å². The molecule has 76 valence electrons. The molecule has 1 heteroatoms. The molecule has 14 heavy (non-hydrogen) atoms. The summed E-state index contributed by atoms with van der Waals surface area (Å²) in [7, 11) is 0. The van der Waals surface area contributed by atoms with E-state index in [2.05, 4.69) is 19.9 Å². The summed E-state index contributed by atoms with van der Waals surface area (Å²) in [5.74, 6) is 0. The van der Waals surface area contributed by atoms with E-state index in [1.165, 1.54) is 11.1 Å². The number of hydrogen-bond donors (Lipinski definition) is 0. The van der Waals surface area contributed by atoms with Gasteiger partial charge in [0.2, 0.25) is 0 Å². The van der Waals surface area contributed by atoms with Gasteiger partial charge < -0.3 is 0 Å². The standard InChI is InChI=1S/C13H18O/c1-3-5-11-7-12(6-4-2)9-13(8-11)10-14/h7-10H,3-6H2,1-2H3. The van der Waals surface area contributed by atoms with Crippen LogP contribution in [0.5, 0.6) is 0 Å². The first-order valence-corrected chi connectivity index (χ1v) is 5.38. The molecule has 0 unspecified atom stereocenters. The van der Waals surface area contributed by atoms with Crippen LogP contribution in [0.4, 0.5) is 0 Å². The highest BCUT2D eigenvalue weighted by Crippen LogP contribution is 2.12. The van der Waals surface area contributed by atoms with Gasteiger partial charge in [0.25, 0.3) is 0 Å². The summed E-state index contributed by atoms with van der Waals surface area (Å²) in [6, 6.07) is 6.21. The molecule has 0 aliphatic carbocycles. The van der Waals surface area contributed by atoms with Crippen LogP contribution in [-0.2, 0) is 12.8 Å². The number of benzene rings is 1. The molecule has 0 amide bonds. The average Bonchev–Trinajstić information content (AvgIpc) is 2.18. The van der Waals surface area contributed by atoms with Gasteiger partial charge in [-0.3, -0.25) is 4.79 Å². The summed E-state index contributed by atoms with van der Waals surface area (Å²) in [5, 5.41) is 0. The van der Waals surface area contributed by atoms with Crippen molar-refractivity contribution in [3.8, 4) is 0 Å². The SMILES string of the molecule is CCCc1cc(C=O)cc(CCC)c1. The zero-order valence-corrected chi connectivity index (χ0v) is 9.05. The highest BCUT2D eigenvalue weighted by Gasteiger charge is 1.99. The number of carbonyl (C=O) groups is 1. The molecule has 0 heterocycles. The minimum absolute atomic E-state index is 0.819. The van der Waals surface area contributed by atoms with Gasteiger partial charge in [-0.15, -0.1) is 0 Å². The lowest BCUT2D eigenvalue weighted by Gasteiger charge is -2.05. The lowest BCUT2D eigenvalue weighted by Crippen LogP contribution is -1.92. The summed E-state index contributed by atoms with van der Waals surface area (Å²) in [4.78, 5) is 10.7. The van der Waals surface area contributed by atoms with Crippen molar-refractivity contribution in [3.63, 3.8) is 0 Å². The molecule has 0 aliphatic heterocycles. The molecule has 0 atom stereocenters. The van der Waals surface area contributed by atoms with Crippen LogP contribution in [-0.4, -0.2) is 6.29 Å². The molecule has 1 nitrogen and oxygen atoms in total. The maximum atomic E-state index is 10.7. The van der Waals surface area contributed by atoms with Crippen LogP contribution in [0.2, 0.25) is 0 Å². The van der Waals surface area contributed by atoms with E-state index in [9.17, 15) is 4.79 Å². The Morgan fingerprint density at radius 2 is 1.50 bits per heavy atom. The number of rotatable bonds is 5. The fourth-order valence-electron chi connectivity index (χ4n) is 1.73. The number of hydrogen-bond acceptors (Lipinski definition) is 1. The predicted molar refractivity (Wildman–Crippen MR) is 59.8 cm³/mol. The third-order valence-electron chi connectivity index (χ3n) is 2.29. The molecule has 0 saturated heterocycles. The van der Waals surface area contributed by atoms with Gasteiger partial charge in [0.1, 0.15) is 6.29 Å². The first-order valence-electron chi connectivity index (χ1n) is 5.38. The fraction of sp³-hybridized carbons (Fsp3) is 0.462. The van der Waals surface area contributed by atoms with Crippen molar-refractivity contribution in [3.05, 3.63) is 34.9 Å². The molecule has 0 spiro atoms. The Bertz CT molecular complexity index is 278. The zero-order chi connectivity index (χ0) is 10.4. The van der Waals surface area contributed by atoms with Crippen molar-refractivity contribution >= 4 is 6.29 Å². The van der Waals surface area contributed by atoms with Crippen LogP contribution >= 0.6 is 0 Å². The maximum Gasteiger partial charge on any atom is 0.150 e. The van der Waals surface area contributed by atoms with E-state index in [1.807, 2.05) is 12.1 Å². The van der Waals surface area contributed by atoms with E-state index in [0.29, 0.717) is 0 Å². The molecule has 0 bridgehead atoms. The third kappa shape index (κ3) is 2.99. The Hall–Kier alpha value is -1.11. The minimum atomic E-state index is 0.819. The Labute approximate surface area is 86.1 Å². The number of aldehydes is 1. The molecule has 0 radical (unpaired) electrons. The Balaban J connectivity index is 2.94. The monoisotopic (exact) mass is 190 g/mol. The van der Waals surface area contributed by atoms with Gasteiger partial charge in [0, 0.05) is 5.56 Å². The van der Waals surface area contributed by atoms with Crippen molar-refractivity contribution in [2.75, 3.05) is 0 Å². The van der Waals surface area contributed by atoms with Gasteiger partial charge in [0.05, 0.1) is 0 Å². The number of aryl methyl sites for hydroxylation is 2. The van der Waals surface area contributed by atoms with Gasteiger partial charge in [-0.05, 0) is 36.1 Å². The Kier molecular flexibility index (Phi) is 4.37. The van der Waals surface area contributed by atoms with Crippen molar-refractivity contribution in [2.45, 2.75) is 39.5 Å². The predicted octanol–water partition coefficient (Wildman–Crippen LogP) is 3.40. The smallest absolute Gasteiger partial charge is 0.150 e. The molecule has 0 aromatic heterocycles. The van der Waals surface area contributed by atoms with E-state index < -0.39 is 0 Å². The second-order valence-corrected chi connectivity index (χ2v) is 3.70. The van der Waals surface area contributed by atoms with Crippen LogP contribution < -0.4 is 0 Å². The van der Waals surface area contributed by atoms with Crippen LogP contribution in [0.25, 0.3) is 0 Å². The van der Waals surface area contributed by atoms with Crippen LogP contribution in [0.3, 0.4) is 0 Å². The summed E-state index contributed by atoms with van der Waals surface area (Å²) < 4.78 is 0. The van der Waals surface area contributed by atoms with Gasteiger partial charge in [-0.25, -0.2) is 0 Å². The van der Waals surface area contributed by atoms with Crippen LogP contribution in [0, 0.1) is 0 Å². The Morgan fingerprint density at radius 1 is 1.00 bits per heavy atom. The average molecular weight is 190 g/mol. The number of carbonyl (C=O) groups excluding carboxylic acids is 1. The molecule has 1 rings (SSSR count). The molecular weight excluding hydrogens is 172 g/mol. The van der Waals surface area contributed by atoms with Crippen molar-refractivity contribution in [2.24, 2.45) is 0 Å². The maximum absolute atomic E-state index is 10.7. The molecule has 0 fully saturated rings. The first-order chi connectivity index (χ1) is 6.80. The summed E-state index contributed by atoms with van der Waals surface area (Å²) in [5.41, 5.74) is 3.40. The van der Waals surface area contributed by atoms with E-state index in [1.54, 1.807) is 0 Å². The minimum Gasteiger partial charge on any atom is -0.298 e. The van der Waals surface area contributed by atoms with Gasteiger partial charge >= 0.3 is 0 Å². The second kappa shape index (κ2) is 5.58. The van der Waals surface area contributed by atoms with E-state index >= 15 is 0 Å². The summed E-state index contributed by atoms with van der Waals surface area (Å²) in [6.45, 7) is 4.32. The molecule has 1 aromatic carbocycles. The normalized spacial score (nSPS) is 10.1. The quantitative estimate of drug-likeness (QED) is 0.650. The van der Waals surface area contributed by atoms with Crippen molar-refractivity contribution < 1.29 is 4.79 Å². The molecular formula is C13H18O. The molecule has 0 N–H and O–H groups in total. The van der Waals surface area contributed by atoms with E-state index in [-0.39, 0.29) is 0 Å². The lowest BCUT2D eigenvalue weighted by atomic mass is 10.0. The highest BCUT2D eigenvalue weighted by molar-refractivity contribution is 5.75. The fourth-order valence-corrected chi connectivity index (χ4v) is 1.73. The topological polar surface area (TPSA) is 17.1 Å². The van der Waals surface area contributed by atoms with Crippen molar-refractivity contribution in [1.82, 2.24) is 0 Å². The van der Waals surface area contributed by atoms with Crippen LogP contribution in [0.1, 0.15) is 48.2 Å².